The van der Waals surface area contributed by atoms with Crippen molar-refractivity contribution in [1.29, 1.82) is 0 Å². The molecule has 0 aromatic rings. The largest absolute Gasteiger partial charge is 0.481 e. The van der Waals surface area contributed by atoms with Gasteiger partial charge in [-0.2, -0.15) is 0 Å². The molecule has 0 aromatic heterocycles. The molecule has 0 spiro atoms. The summed E-state index contributed by atoms with van der Waals surface area (Å²) in [5.41, 5.74) is 0. The highest BCUT2D eigenvalue weighted by atomic mass is 16.4. The fourth-order valence-electron chi connectivity index (χ4n) is 0.975. The van der Waals surface area contributed by atoms with E-state index in [0.29, 0.717) is 0 Å². The second-order valence-electron chi connectivity index (χ2n) is 2.92. The van der Waals surface area contributed by atoms with Crippen LogP contribution in [0.15, 0.2) is 0 Å². The van der Waals surface area contributed by atoms with Crippen LogP contribution in [0.2, 0.25) is 0 Å². The van der Waals surface area contributed by atoms with Crippen molar-refractivity contribution in [2.24, 2.45) is 5.92 Å². The third kappa shape index (κ3) is 4.79. The average molecular weight is 159 g/mol. The molecule has 0 aliphatic rings. The molecule has 0 heterocycles. The lowest BCUT2D eigenvalue weighted by Crippen LogP contribution is -2.32. The molecule has 0 saturated heterocycles. The van der Waals surface area contributed by atoms with Crippen molar-refractivity contribution < 1.29 is 9.90 Å². The van der Waals surface area contributed by atoms with E-state index < -0.39 is 5.97 Å². The van der Waals surface area contributed by atoms with E-state index >= 15 is 0 Å². The van der Waals surface area contributed by atoms with Crippen molar-refractivity contribution in [2.75, 3.05) is 6.54 Å². The van der Waals surface area contributed by atoms with Gasteiger partial charge in [0.1, 0.15) is 0 Å². The van der Waals surface area contributed by atoms with Crippen LogP contribution in [0.3, 0.4) is 0 Å². The van der Waals surface area contributed by atoms with E-state index in [-0.39, 0.29) is 18.4 Å². The molecule has 3 heteroatoms. The smallest absolute Gasteiger partial charge is 0.303 e. The highest BCUT2D eigenvalue weighted by Crippen LogP contribution is 2.06. The predicted octanol–water partition coefficient (Wildman–Crippen LogP) is 1.10. The molecule has 3 nitrogen and oxygen atoms in total. The van der Waals surface area contributed by atoms with Crippen molar-refractivity contribution >= 4 is 5.97 Å². The molecule has 0 amide bonds. The van der Waals surface area contributed by atoms with Gasteiger partial charge in [0.25, 0.3) is 0 Å². The van der Waals surface area contributed by atoms with Gasteiger partial charge in [0.2, 0.25) is 0 Å². The molecule has 2 N–H and O–H groups in total. The van der Waals surface area contributed by atoms with E-state index in [1.54, 1.807) is 0 Å². The normalized spacial score (nSPS) is 15.9. The molecule has 11 heavy (non-hydrogen) atoms. The van der Waals surface area contributed by atoms with Gasteiger partial charge < -0.3 is 10.4 Å². The van der Waals surface area contributed by atoms with Crippen LogP contribution in [-0.2, 0) is 4.79 Å². The van der Waals surface area contributed by atoms with Crippen molar-refractivity contribution in [3.05, 3.63) is 0 Å². The summed E-state index contributed by atoms with van der Waals surface area (Å²) >= 11 is 0. The van der Waals surface area contributed by atoms with Crippen LogP contribution in [0, 0.1) is 5.92 Å². The van der Waals surface area contributed by atoms with Gasteiger partial charge in [-0.3, -0.25) is 4.79 Å². The molecule has 0 aliphatic carbocycles. The van der Waals surface area contributed by atoms with Crippen molar-refractivity contribution in [2.45, 2.75) is 33.2 Å². The summed E-state index contributed by atoms with van der Waals surface area (Å²) < 4.78 is 0. The summed E-state index contributed by atoms with van der Waals surface area (Å²) in [7, 11) is 0. The Bertz CT molecular complexity index is 125. The van der Waals surface area contributed by atoms with Gasteiger partial charge in [0.15, 0.2) is 0 Å². The van der Waals surface area contributed by atoms with Crippen LogP contribution < -0.4 is 5.32 Å². The third-order valence-corrected chi connectivity index (χ3v) is 1.88. The zero-order chi connectivity index (χ0) is 8.85. The first-order chi connectivity index (χ1) is 5.07. The van der Waals surface area contributed by atoms with Crippen LogP contribution in [0.1, 0.15) is 27.2 Å². The summed E-state index contributed by atoms with van der Waals surface area (Å²) in [5, 5.41) is 11.7. The number of carbonyl (C=O) groups is 1. The molecule has 0 aliphatic heterocycles. The summed E-state index contributed by atoms with van der Waals surface area (Å²) in [6.45, 7) is 6.87. The molecule has 0 bridgehead atoms. The number of rotatable bonds is 5. The molecule has 0 fully saturated rings. The molecule has 1 unspecified atom stereocenters. The molecular formula is C8H17NO2. The summed E-state index contributed by atoms with van der Waals surface area (Å²) in [6.07, 6.45) is 0.244. The highest BCUT2D eigenvalue weighted by molar-refractivity contribution is 5.67. The van der Waals surface area contributed by atoms with E-state index in [2.05, 4.69) is 5.32 Å². The summed E-state index contributed by atoms with van der Waals surface area (Å²) in [6, 6.07) is 0.288. The summed E-state index contributed by atoms with van der Waals surface area (Å²) in [4.78, 5) is 10.3. The van der Waals surface area contributed by atoms with E-state index in [0.717, 1.165) is 6.54 Å². The van der Waals surface area contributed by atoms with Crippen molar-refractivity contribution in [3.8, 4) is 0 Å². The van der Waals surface area contributed by atoms with E-state index in [9.17, 15) is 4.79 Å². The van der Waals surface area contributed by atoms with E-state index in [1.807, 2.05) is 20.8 Å². The number of carboxylic acid groups (broad SMARTS) is 1. The van der Waals surface area contributed by atoms with Gasteiger partial charge in [0.05, 0.1) is 0 Å². The highest BCUT2D eigenvalue weighted by Gasteiger charge is 2.13. The Hall–Kier alpha value is -0.570. The van der Waals surface area contributed by atoms with Crippen molar-refractivity contribution in [3.63, 3.8) is 0 Å². The molecule has 0 radical (unpaired) electrons. The maximum Gasteiger partial charge on any atom is 0.303 e. The number of carboxylic acids is 1. The standard InChI is InChI=1S/C8H17NO2/c1-4-9-7(3)6(2)5-8(10)11/h6-7,9H,4-5H2,1-3H3,(H,10,11)/t6?,7-/m1/s1. The molecular weight excluding hydrogens is 142 g/mol. The van der Waals surface area contributed by atoms with Gasteiger partial charge in [-0.25, -0.2) is 0 Å². The molecule has 0 saturated carbocycles. The fourth-order valence-corrected chi connectivity index (χ4v) is 0.975. The Balaban J connectivity index is 3.63. The first kappa shape index (κ1) is 10.4. The van der Waals surface area contributed by atoms with Crippen molar-refractivity contribution in [1.82, 2.24) is 5.32 Å². The predicted molar refractivity (Wildman–Crippen MR) is 44.6 cm³/mol. The van der Waals surface area contributed by atoms with Gasteiger partial charge >= 0.3 is 5.97 Å². The number of hydrogen-bond acceptors (Lipinski definition) is 2. The maximum absolute atomic E-state index is 10.3. The van der Waals surface area contributed by atoms with Gasteiger partial charge in [0, 0.05) is 12.5 Å². The van der Waals surface area contributed by atoms with Crippen LogP contribution >= 0.6 is 0 Å². The average Bonchev–Trinajstić information content (AvgIpc) is 1.86. The van der Waals surface area contributed by atoms with Gasteiger partial charge in [-0.1, -0.05) is 13.8 Å². The zero-order valence-electron chi connectivity index (χ0n) is 7.42. The Morgan fingerprint density at radius 3 is 2.45 bits per heavy atom. The lowest BCUT2D eigenvalue weighted by Gasteiger charge is -2.18. The van der Waals surface area contributed by atoms with Gasteiger partial charge in [-0.15, -0.1) is 0 Å². The lowest BCUT2D eigenvalue weighted by atomic mass is 10.0. The van der Waals surface area contributed by atoms with Crippen LogP contribution in [0.4, 0.5) is 0 Å². The second kappa shape index (κ2) is 5.13. The Morgan fingerprint density at radius 1 is 1.55 bits per heavy atom. The number of aliphatic carboxylic acids is 1. The topological polar surface area (TPSA) is 49.3 Å². The Kier molecular flexibility index (Phi) is 4.86. The zero-order valence-corrected chi connectivity index (χ0v) is 7.42. The minimum atomic E-state index is -0.720. The SMILES string of the molecule is CCN[C@H](C)C(C)CC(=O)O. The van der Waals surface area contributed by atoms with E-state index in [4.69, 9.17) is 5.11 Å². The van der Waals surface area contributed by atoms with Crippen LogP contribution in [0.5, 0.6) is 0 Å². The Labute approximate surface area is 67.8 Å². The second-order valence-corrected chi connectivity index (χ2v) is 2.92. The van der Waals surface area contributed by atoms with Crippen LogP contribution in [-0.4, -0.2) is 23.7 Å². The monoisotopic (exact) mass is 159 g/mol. The third-order valence-electron chi connectivity index (χ3n) is 1.88. The molecule has 0 aromatic carbocycles. The minimum Gasteiger partial charge on any atom is -0.481 e. The first-order valence-electron chi connectivity index (χ1n) is 4.03. The first-order valence-corrected chi connectivity index (χ1v) is 4.03. The molecule has 0 rings (SSSR count). The number of nitrogens with one attached hydrogen (secondary N) is 1. The number of hydrogen-bond donors (Lipinski definition) is 2. The molecule has 66 valence electrons. The quantitative estimate of drug-likeness (QED) is 0.631. The van der Waals surface area contributed by atoms with Crippen LogP contribution in [0.25, 0.3) is 0 Å². The van der Waals surface area contributed by atoms with Gasteiger partial charge in [-0.05, 0) is 19.4 Å². The minimum absolute atomic E-state index is 0.201. The van der Waals surface area contributed by atoms with E-state index in [1.165, 1.54) is 0 Å². The Morgan fingerprint density at radius 2 is 2.09 bits per heavy atom. The summed E-state index contributed by atoms with van der Waals surface area (Å²) in [5.74, 6) is -0.519. The molecule has 2 atom stereocenters. The lowest BCUT2D eigenvalue weighted by molar-refractivity contribution is -0.138. The fraction of sp³-hybridized carbons (Fsp3) is 0.875. The maximum atomic E-state index is 10.3.